The van der Waals surface area contributed by atoms with E-state index in [9.17, 15) is 29.0 Å². The van der Waals surface area contributed by atoms with E-state index in [4.69, 9.17) is 14.1 Å². The number of esters is 1. The Morgan fingerprint density at radius 2 is 1.86 bits per heavy atom. The van der Waals surface area contributed by atoms with Crippen molar-refractivity contribution in [2.24, 2.45) is 0 Å². The summed E-state index contributed by atoms with van der Waals surface area (Å²) < 4.78 is 21.5. The molecule has 0 atom stereocenters. The molecule has 202 valence electrons. The molecule has 1 saturated heterocycles. The maximum absolute atomic E-state index is 12.9. The summed E-state index contributed by atoms with van der Waals surface area (Å²) in [5.74, 6) is -1.97. The number of amides is 1. The Kier molecular flexibility index (Phi) is 10.3. The van der Waals surface area contributed by atoms with Gasteiger partial charge in [0.05, 0.1) is 12.3 Å². The van der Waals surface area contributed by atoms with Crippen LogP contribution in [-0.4, -0.2) is 58.0 Å². The van der Waals surface area contributed by atoms with Gasteiger partial charge in [-0.25, -0.2) is 9.36 Å². The van der Waals surface area contributed by atoms with Crippen molar-refractivity contribution in [3.8, 4) is 11.5 Å². The van der Waals surface area contributed by atoms with Gasteiger partial charge in [0, 0.05) is 19.2 Å². The molecule has 0 aliphatic carbocycles. The fourth-order valence-corrected chi connectivity index (χ4v) is 4.41. The molecule has 0 saturated carbocycles. The average molecular weight is 537 g/mol. The number of rotatable bonds is 6. The molecule has 2 heterocycles. The minimum atomic E-state index is -5.07. The minimum absolute atomic E-state index is 0.0381. The number of carbonyl (C=O) groups is 2. The molecule has 12 heteroatoms. The van der Waals surface area contributed by atoms with E-state index in [-0.39, 0.29) is 30.2 Å². The van der Waals surface area contributed by atoms with Crippen molar-refractivity contribution < 1.29 is 43.1 Å². The number of carbonyl (C=O) groups excluding carboxylic acids is 2. The fraction of sp³-hybridized carbons (Fsp3) is 0.440. The van der Waals surface area contributed by atoms with Crippen molar-refractivity contribution in [1.82, 2.24) is 10.4 Å². The number of aromatic hydroxyl groups is 1. The number of phosphoric ester groups is 1. The number of benzene rings is 1. The van der Waals surface area contributed by atoms with E-state index in [1.807, 2.05) is 19.1 Å². The Labute approximate surface area is 215 Å². The van der Waals surface area contributed by atoms with Crippen molar-refractivity contribution in [1.29, 1.82) is 0 Å². The summed E-state index contributed by atoms with van der Waals surface area (Å²) in [6.45, 7) is 3.11. The van der Waals surface area contributed by atoms with Crippen molar-refractivity contribution in [2.45, 2.75) is 45.4 Å². The largest absolute Gasteiger partial charge is 0.524 e. The minimum Gasteiger partial charge on any atom is -0.508 e. The molecule has 2 aliphatic heterocycles. The van der Waals surface area contributed by atoms with Gasteiger partial charge in [-0.2, -0.15) is 0 Å². The molecule has 0 radical (unpaired) electrons. The van der Waals surface area contributed by atoms with Gasteiger partial charge in [0.25, 0.3) is 5.91 Å². The number of phenolic OH excluding ortho intramolecular Hbond substituents is 1. The van der Waals surface area contributed by atoms with Crippen molar-refractivity contribution in [2.75, 3.05) is 26.3 Å². The van der Waals surface area contributed by atoms with Gasteiger partial charge >= 0.3 is 13.8 Å². The van der Waals surface area contributed by atoms with Gasteiger partial charge in [0.1, 0.15) is 17.1 Å². The van der Waals surface area contributed by atoms with Crippen LogP contribution in [0.3, 0.4) is 0 Å². The molecule has 4 N–H and O–H groups in total. The second-order valence-corrected chi connectivity index (χ2v) is 10.0. The number of fused-ring (bicyclic) bond motifs is 1. The number of hydrogen-bond donors (Lipinski definition) is 4. The Morgan fingerprint density at radius 3 is 2.59 bits per heavy atom. The third kappa shape index (κ3) is 9.36. The van der Waals surface area contributed by atoms with E-state index in [0.717, 1.165) is 43.7 Å². The van der Waals surface area contributed by atoms with Crippen molar-refractivity contribution >= 4 is 25.8 Å². The van der Waals surface area contributed by atoms with Crippen LogP contribution in [0.5, 0.6) is 11.5 Å². The first kappa shape index (κ1) is 28.5. The molecule has 1 amide bonds. The van der Waals surface area contributed by atoms with Gasteiger partial charge in [-0.15, -0.1) is 0 Å². The number of phosphoric acid groups is 1. The Morgan fingerprint density at radius 1 is 1.14 bits per heavy atom. The zero-order chi connectivity index (χ0) is 26.8. The number of ether oxygens (including phenoxy) is 1. The molecule has 0 unspecified atom stereocenters. The lowest BCUT2D eigenvalue weighted by Crippen LogP contribution is -2.39. The number of hydroxylamine groups is 1. The summed E-state index contributed by atoms with van der Waals surface area (Å²) in [6.07, 6.45) is 12.0. The summed E-state index contributed by atoms with van der Waals surface area (Å²) in [7, 11) is -5.07. The molecule has 0 aromatic heterocycles. The molecule has 11 nitrogen and oxygen atoms in total. The van der Waals surface area contributed by atoms with Crippen LogP contribution in [0.25, 0.3) is 6.08 Å². The smallest absolute Gasteiger partial charge is 0.508 e. The first-order valence-electron chi connectivity index (χ1n) is 12.1. The molecular formula is C25H33N2O9P. The summed E-state index contributed by atoms with van der Waals surface area (Å²) in [5.41, 5.74) is 3.82. The van der Waals surface area contributed by atoms with E-state index in [1.165, 1.54) is 12.1 Å². The molecule has 0 bridgehead atoms. The van der Waals surface area contributed by atoms with Gasteiger partial charge in [-0.1, -0.05) is 17.7 Å². The van der Waals surface area contributed by atoms with Gasteiger partial charge in [-0.05, 0) is 69.2 Å². The SMILES string of the molecule is C/C1=C\C(NOCC(=O)N2CCCCC2)=C\c2cc(O)cc(OP(=O)(O)O)c2C(=O)OCCC=CCC1. The number of phenols is 1. The molecule has 3 rings (SSSR count). The zero-order valence-corrected chi connectivity index (χ0v) is 21.6. The van der Waals surface area contributed by atoms with Crippen LogP contribution in [0, 0.1) is 0 Å². The number of hydrogen-bond acceptors (Lipinski definition) is 8. The van der Waals surface area contributed by atoms with Crippen molar-refractivity contribution in [3.63, 3.8) is 0 Å². The third-order valence-electron chi connectivity index (χ3n) is 5.74. The van der Waals surface area contributed by atoms with Crippen LogP contribution >= 0.6 is 7.82 Å². The monoisotopic (exact) mass is 536 g/mol. The third-order valence-corrected chi connectivity index (χ3v) is 6.17. The van der Waals surface area contributed by atoms with Gasteiger partial charge in [0.2, 0.25) is 0 Å². The fourth-order valence-electron chi connectivity index (χ4n) is 4.01. The highest BCUT2D eigenvalue weighted by Crippen LogP contribution is 2.42. The summed E-state index contributed by atoms with van der Waals surface area (Å²) in [5, 5.41) is 10.2. The van der Waals surface area contributed by atoms with E-state index in [1.54, 1.807) is 11.0 Å². The number of likely N-dealkylation sites (tertiary alicyclic amines) is 1. The quantitative estimate of drug-likeness (QED) is 0.183. The average Bonchev–Trinajstić information content (AvgIpc) is 2.82. The van der Waals surface area contributed by atoms with Gasteiger partial charge < -0.3 is 19.3 Å². The van der Waals surface area contributed by atoms with Gasteiger partial charge in [-0.3, -0.25) is 24.9 Å². The number of piperidine rings is 1. The molecule has 2 aliphatic rings. The van der Waals surface area contributed by atoms with E-state index >= 15 is 0 Å². The summed E-state index contributed by atoms with van der Waals surface area (Å²) >= 11 is 0. The molecular weight excluding hydrogens is 503 g/mol. The summed E-state index contributed by atoms with van der Waals surface area (Å²) in [4.78, 5) is 51.3. The number of allylic oxidation sites excluding steroid dienone is 3. The normalized spacial score (nSPS) is 20.4. The second-order valence-electron chi connectivity index (χ2n) is 8.85. The van der Waals surface area contributed by atoms with Crippen LogP contribution in [0.2, 0.25) is 0 Å². The van der Waals surface area contributed by atoms with Gasteiger partial charge in [0.15, 0.2) is 6.61 Å². The maximum atomic E-state index is 12.9. The van der Waals surface area contributed by atoms with Crippen molar-refractivity contribution in [3.05, 3.63) is 52.8 Å². The first-order valence-corrected chi connectivity index (χ1v) is 13.6. The highest BCUT2D eigenvalue weighted by molar-refractivity contribution is 7.46. The van der Waals surface area contributed by atoms with E-state index in [0.29, 0.717) is 25.2 Å². The maximum Gasteiger partial charge on any atom is 0.524 e. The topological polar surface area (TPSA) is 155 Å². The lowest BCUT2D eigenvalue weighted by atomic mass is 10.0. The Balaban J connectivity index is 1.96. The standard InChI is InChI=1S/C25H33N2O9P/c1-18-9-5-2-3-8-12-34-25(30)24-19(15-21(28)16-22(24)36-37(31,32)33)14-20(13-18)26-35-17-23(29)27-10-6-4-7-11-27/h2-3,13-16,26,28H,4-12,17H2,1H3,(H2,31,32,33)/b3-2?,18-13+,20-14-. The zero-order valence-electron chi connectivity index (χ0n) is 20.7. The predicted molar refractivity (Wildman–Crippen MR) is 135 cm³/mol. The van der Waals surface area contributed by atoms with Crippen LogP contribution in [0.15, 0.2) is 41.6 Å². The molecule has 1 aromatic carbocycles. The van der Waals surface area contributed by atoms with E-state index in [2.05, 4.69) is 5.48 Å². The first-order chi connectivity index (χ1) is 17.6. The second kappa shape index (κ2) is 13.4. The highest BCUT2D eigenvalue weighted by atomic mass is 31.2. The Bertz CT molecular complexity index is 1120. The lowest BCUT2D eigenvalue weighted by molar-refractivity contribution is -0.139. The highest BCUT2D eigenvalue weighted by Gasteiger charge is 2.26. The van der Waals surface area contributed by atoms with Crippen LogP contribution in [0.4, 0.5) is 0 Å². The molecule has 1 aromatic rings. The lowest BCUT2D eigenvalue weighted by Gasteiger charge is -2.26. The van der Waals surface area contributed by atoms with Crippen LogP contribution in [0.1, 0.15) is 61.4 Å². The molecule has 1 fully saturated rings. The summed E-state index contributed by atoms with van der Waals surface area (Å²) in [6, 6.07) is 2.16. The molecule has 0 spiro atoms. The molecule has 37 heavy (non-hydrogen) atoms. The number of cyclic esters (lactones) is 1. The number of nitrogens with zero attached hydrogens (tertiary/aromatic N) is 1. The number of nitrogens with one attached hydrogen (secondary N) is 1. The van der Waals surface area contributed by atoms with Crippen LogP contribution in [-0.2, 0) is 18.9 Å². The predicted octanol–water partition coefficient (Wildman–Crippen LogP) is 3.58. The Hall–Kier alpha value is -3.11. The van der Waals surface area contributed by atoms with Crippen LogP contribution < -0.4 is 10.0 Å². The van der Waals surface area contributed by atoms with E-state index < -0.39 is 25.3 Å².